The van der Waals surface area contributed by atoms with Gasteiger partial charge in [0.05, 0.1) is 29.9 Å². The van der Waals surface area contributed by atoms with Gasteiger partial charge >= 0.3 is 11.9 Å². The van der Waals surface area contributed by atoms with Gasteiger partial charge in [-0.2, -0.15) is 0 Å². The number of benzene rings is 1. The molecule has 102 valence electrons. The van der Waals surface area contributed by atoms with Crippen molar-refractivity contribution in [3.8, 4) is 5.75 Å². The molecule has 0 fully saturated rings. The Morgan fingerprint density at radius 1 is 1.26 bits per heavy atom. The SMILES string of the molecule is COC(=O)C(=O)Nc1cc(OC)c(Br)cc1C(N)=O. The summed E-state index contributed by atoms with van der Waals surface area (Å²) < 4.78 is 9.77. The van der Waals surface area contributed by atoms with E-state index >= 15 is 0 Å². The molecular formula is C11H11BrN2O5. The molecule has 0 atom stereocenters. The molecule has 0 unspecified atom stereocenters. The largest absolute Gasteiger partial charge is 0.495 e. The van der Waals surface area contributed by atoms with Crippen LogP contribution in [0.4, 0.5) is 5.69 Å². The van der Waals surface area contributed by atoms with E-state index in [1.165, 1.54) is 19.2 Å². The van der Waals surface area contributed by atoms with Crippen LogP contribution in [0.1, 0.15) is 10.4 Å². The molecule has 0 heterocycles. The predicted octanol–water partition coefficient (Wildman–Crippen LogP) is 0.668. The number of esters is 1. The summed E-state index contributed by atoms with van der Waals surface area (Å²) in [6.45, 7) is 0. The van der Waals surface area contributed by atoms with Gasteiger partial charge in [0, 0.05) is 6.07 Å². The highest BCUT2D eigenvalue weighted by molar-refractivity contribution is 9.10. The molecule has 1 rings (SSSR count). The summed E-state index contributed by atoms with van der Waals surface area (Å²) in [5.74, 6) is -2.50. The van der Waals surface area contributed by atoms with Crippen LogP contribution < -0.4 is 15.8 Å². The molecule has 0 aliphatic rings. The summed E-state index contributed by atoms with van der Waals surface area (Å²) >= 11 is 3.18. The molecule has 0 spiro atoms. The Morgan fingerprint density at radius 2 is 1.89 bits per heavy atom. The van der Waals surface area contributed by atoms with Crippen LogP contribution in [-0.2, 0) is 14.3 Å². The molecule has 7 nitrogen and oxygen atoms in total. The molecule has 0 aliphatic heterocycles. The van der Waals surface area contributed by atoms with Crippen LogP contribution in [0, 0.1) is 0 Å². The fourth-order valence-corrected chi connectivity index (χ4v) is 1.79. The van der Waals surface area contributed by atoms with Crippen molar-refractivity contribution in [3.05, 3.63) is 22.2 Å². The van der Waals surface area contributed by atoms with Crippen molar-refractivity contribution in [1.29, 1.82) is 0 Å². The fourth-order valence-electron chi connectivity index (χ4n) is 1.28. The van der Waals surface area contributed by atoms with Gasteiger partial charge in [-0.05, 0) is 22.0 Å². The Labute approximate surface area is 117 Å². The summed E-state index contributed by atoms with van der Waals surface area (Å²) in [7, 11) is 2.48. The second kappa shape index (κ2) is 6.19. The second-order valence-corrected chi connectivity index (χ2v) is 4.20. The molecule has 3 N–H and O–H groups in total. The lowest BCUT2D eigenvalue weighted by Gasteiger charge is -2.11. The Hall–Kier alpha value is -2.09. The molecular weight excluding hydrogens is 320 g/mol. The lowest BCUT2D eigenvalue weighted by atomic mass is 10.1. The number of carbonyl (C=O) groups is 3. The van der Waals surface area contributed by atoms with E-state index in [2.05, 4.69) is 26.0 Å². The fraction of sp³-hybridized carbons (Fsp3) is 0.182. The van der Waals surface area contributed by atoms with Gasteiger partial charge < -0.3 is 20.5 Å². The number of methoxy groups -OCH3 is 2. The molecule has 0 aliphatic carbocycles. The van der Waals surface area contributed by atoms with Crippen molar-refractivity contribution in [2.45, 2.75) is 0 Å². The quantitative estimate of drug-likeness (QED) is 0.625. The highest BCUT2D eigenvalue weighted by atomic mass is 79.9. The van der Waals surface area contributed by atoms with Crippen LogP contribution in [0.15, 0.2) is 16.6 Å². The monoisotopic (exact) mass is 330 g/mol. The minimum atomic E-state index is -1.09. The van der Waals surface area contributed by atoms with Gasteiger partial charge in [-0.1, -0.05) is 0 Å². The van der Waals surface area contributed by atoms with Gasteiger partial charge in [0.2, 0.25) is 0 Å². The van der Waals surface area contributed by atoms with Gasteiger partial charge in [-0.25, -0.2) is 4.79 Å². The van der Waals surface area contributed by atoms with Crippen molar-refractivity contribution in [3.63, 3.8) is 0 Å². The molecule has 19 heavy (non-hydrogen) atoms. The average molecular weight is 331 g/mol. The van der Waals surface area contributed by atoms with E-state index in [9.17, 15) is 14.4 Å². The van der Waals surface area contributed by atoms with E-state index in [0.29, 0.717) is 10.2 Å². The van der Waals surface area contributed by atoms with Gasteiger partial charge in [0.1, 0.15) is 5.75 Å². The Morgan fingerprint density at radius 3 is 2.37 bits per heavy atom. The molecule has 1 aromatic rings. The van der Waals surface area contributed by atoms with E-state index in [4.69, 9.17) is 10.5 Å². The first-order valence-electron chi connectivity index (χ1n) is 4.97. The number of carbonyl (C=O) groups excluding carboxylic acids is 3. The number of halogens is 1. The molecule has 0 radical (unpaired) electrons. The van der Waals surface area contributed by atoms with Crippen molar-refractivity contribution < 1.29 is 23.9 Å². The Bertz CT molecular complexity index is 544. The highest BCUT2D eigenvalue weighted by Crippen LogP contribution is 2.31. The number of primary amides is 1. The Balaban J connectivity index is 3.20. The maximum Gasteiger partial charge on any atom is 0.396 e. The second-order valence-electron chi connectivity index (χ2n) is 3.34. The Kier molecular flexibility index (Phi) is 4.87. The van der Waals surface area contributed by atoms with Crippen LogP contribution in [0.2, 0.25) is 0 Å². The lowest BCUT2D eigenvalue weighted by molar-refractivity contribution is -0.150. The van der Waals surface area contributed by atoms with Crippen molar-refractivity contribution >= 4 is 39.4 Å². The van der Waals surface area contributed by atoms with Crippen molar-refractivity contribution in [2.75, 3.05) is 19.5 Å². The maximum atomic E-state index is 11.4. The minimum absolute atomic E-state index is 0.0323. The van der Waals surface area contributed by atoms with E-state index < -0.39 is 17.8 Å². The van der Waals surface area contributed by atoms with Crippen molar-refractivity contribution in [1.82, 2.24) is 0 Å². The zero-order chi connectivity index (χ0) is 14.6. The summed E-state index contributed by atoms with van der Waals surface area (Å²) in [6, 6.07) is 2.75. The first kappa shape index (κ1) is 15.0. The van der Waals surface area contributed by atoms with Crippen LogP contribution in [0.5, 0.6) is 5.75 Å². The summed E-state index contributed by atoms with van der Waals surface area (Å²) in [5, 5.41) is 2.23. The minimum Gasteiger partial charge on any atom is -0.495 e. The maximum absolute atomic E-state index is 11.4. The third-order valence-electron chi connectivity index (χ3n) is 2.18. The van der Waals surface area contributed by atoms with Crippen LogP contribution in [0.25, 0.3) is 0 Å². The summed E-state index contributed by atoms with van der Waals surface area (Å²) in [5.41, 5.74) is 5.28. The van der Waals surface area contributed by atoms with E-state index in [0.717, 1.165) is 7.11 Å². The zero-order valence-corrected chi connectivity index (χ0v) is 11.7. The first-order valence-corrected chi connectivity index (χ1v) is 5.76. The number of anilines is 1. The van der Waals surface area contributed by atoms with Gasteiger partial charge in [0.15, 0.2) is 0 Å². The third kappa shape index (κ3) is 3.44. The third-order valence-corrected chi connectivity index (χ3v) is 2.80. The number of nitrogens with two attached hydrogens (primary N) is 1. The summed E-state index contributed by atoms with van der Waals surface area (Å²) in [6.07, 6.45) is 0. The van der Waals surface area contributed by atoms with E-state index in [-0.39, 0.29) is 11.3 Å². The topological polar surface area (TPSA) is 108 Å². The molecule has 1 aromatic carbocycles. The summed E-state index contributed by atoms with van der Waals surface area (Å²) in [4.78, 5) is 33.7. The number of nitrogens with one attached hydrogen (secondary N) is 1. The predicted molar refractivity (Wildman–Crippen MR) is 69.9 cm³/mol. The van der Waals surface area contributed by atoms with E-state index in [1.54, 1.807) is 0 Å². The number of rotatable bonds is 3. The van der Waals surface area contributed by atoms with E-state index in [1.807, 2.05) is 0 Å². The normalized spacial score (nSPS) is 9.63. The van der Waals surface area contributed by atoms with Crippen LogP contribution >= 0.6 is 15.9 Å². The zero-order valence-electron chi connectivity index (χ0n) is 10.2. The first-order chi connectivity index (χ1) is 8.90. The molecule has 0 bridgehead atoms. The van der Waals surface area contributed by atoms with Gasteiger partial charge in [-0.3, -0.25) is 9.59 Å². The molecule has 0 saturated carbocycles. The standard InChI is InChI=1S/C11H11BrN2O5/c1-18-8-4-7(14-10(16)11(17)19-2)5(9(13)15)3-6(8)12/h3-4H,1-2H3,(H2,13,15)(H,14,16). The number of hydrogen-bond acceptors (Lipinski definition) is 5. The van der Waals surface area contributed by atoms with Crippen molar-refractivity contribution in [2.24, 2.45) is 5.73 Å². The number of amides is 2. The molecule has 0 aromatic heterocycles. The molecule has 2 amide bonds. The molecule has 0 saturated heterocycles. The average Bonchev–Trinajstić information content (AvgIpc) is 2.38. The molecule has 8 heteroatoms. The number of hydrogen-bond donors (Lipinski definition) is 2. The van der Waals surface area contributed by atoms with Gasteiger partial charge in [-0.15, -0.1) is 0 Å². The highest BCUT2D eigenvalue weighted by Gasteiger charge is 2.19. The lowest BCUT2D eigenvalue weighted by Crippen LogP contribution is -2.25. The van der Waals surface area contributed by atoms with Gasteiger partial charge in [0.25, 0.3) is 5.91 Å². The van der Waals surface area contributed by atoms with Crippen LogP contribution in [-0.4, -0.2) is 32.0 Å². The van der Waals surface area contributed by atoms with Crippen LogP contribution in [0.3, 0.4) is 0 Å². The smallest absolute Gasteiger partial charge is 0.396 e. The number of ether oxygens (including phenoxy) is 2.